The van der Waals surface area contributed by atoms with Crippen LogP contribution in [0.25, 0.3) is 0 Å². The lowest BCUT2D eigenvalue weighted by Gasteiger charge is -2.40. The molecule has 1 saturated heterocycles. The highest BCUT2D eigenvalue weighted by Gasteiger charge is 2.45. The maximum atomic E-state index is 12.6. The number of hydrogen-bond donors (Lipinski definition) is 2. The maximum Gasteiger partial charge on any atom is 0.328 e. The largest absolute Gasteiger partial charge is 0.480 e. The first-order chi connectivity index (χ1) is 10.9. The fourth-order valence-corrected chi connectivity index (χ4v) is 3.20. The summed E-state index contributed by atoms with van der Waals surface area (Å²) in [5, 5.41) is 20.6. The van der Waals surface area contributed by atoms with E-state index in [4.69, 9.17) is 10.5 Å². The second kappa shape index (κ2) is 5.60. The summed E-state index contributed by atoms with van der Waals surface area (Å²) < 4.78 is 5.32. The van der Waals surface area contributed by atoms with Crippen LogP contribution < -0.4 is 5.73 Å². The SMILES string of the molecule is N[C@@H]1Cc2c(cccc2[N+](=O)[O-])[C@@H]2COC[C@H](C(=O)O)N2C1=O. The van der Waals surface area contributed by atoms with Gasteiger partial charge in [-0.2, -0.15) is 0 Å². The number of aliphatic carboxylic acids is 1. The Morgan fingerprint density at radius 2 is 2.17 bits per heavy atom. The molecule has 1 amide bonds. The average Bonchev–Trinajstić information content (AvgIpc) is 2.63. The van der Waals surface area contributed by atoms with Gasteiger partial charge in [0.2, 0.25) is 5.91 Å². The van der Waals surface area contributed by atoms with Gasteiger partial charge in [0.25, 0.3) is 5.69 Å². The van der Waals surface area contributed by atoms with E-state index in [1.54, 1.807) is 6.07 Å². The van der Waals surface area contributed by atoms with E-state index in [1.807, 2.05) is 0 Å². The zero-order chi connectivity index (χ0) is 16.7. The van der Waals surface area contributed by atoms with Crippen LogP contribution in [0.15, 0.2) is 18.2 Å². The number of benzene rings is 1. The molecule has 9 heteroatoms. The van der Waals surface area contributed by atoms with Gasteiger partial charge in [-0.1, -0.05) is 12.1 Å². The van der Waals surface area contributed by atoms with E-state index < -0.39 is 34.9 Å². The maximum absolute atomic E-state index is 12.6. The van der Waals surface area contributed by atoms with E-state index in [-0.39, 0.29) is 25.3 Å². The van der Waals surface area contributed by atoms with E-state index >= 15 is 0 Å². The van der Waals surface area contributed by atoms with Gasteiger partial charge in [-0.25, -0.2) is 4.79 Å². The number of nitro benzene ring substituents is 1. The second-order valence-electron chi connectivity index (χ2n) is 5.57. The molecule has 0 aliphatic carbocycles. The van der Waals surface area contributed by atoms with Crippen molar-refractivity contribution in [2.75, 3.05) is 13.2 Å². The molecular weight excluding hydrogens is 306 g/mol. The van der Waals surface area contributed by atoms with Crippen LogP contribution in [0, 0.1) is 10.1 Å². The summed E-state index contributed by atoms with van der Waals surface area (Å²) in [5.74, 6) is -1.72. The normalized spacial score (nSPS) is 26.9. The number of carbonyl (C=O) groups excluding carboxylic acids is 1. The zero-order valence-electron chi connectivity index (χ0n) is 12.0. The van der Waals surface area contributed by atoms with E-state index in [0.717, 1.165) is 0 Å². The Hall–Kier alpha value is -2.52. The highest BCUT2D eigenvalue weighted by atomic mass is 16.6. The lowest BCUT2D eigenvalue weighted by Crippen LogP contribution is -2.57. The number of nitrogens with zero attached hydrogens (tertiary/aromatic N) is 2. The number of carboxylic acids is 1. The number of ether oxygens (including phenoxy) is 1. The lowest BCUT2D eigenvalue weighted by molar-refractivity contribution is -0.385. The van der Waals surface area contributed by atoms with Gasteiger partial charge in [-0.05, 0) is 5.56 Å². The molecule has 0 bridgehead atoms. The number of hydrogen-bond acceptors (Lipinski definition) is 6. The molecule has 0 saturated carbocycles. The van der Waals surface area contributed by atoms with E-state index in [9.17, 15) is 24.8 Å². The van der Waals surface area contributed by atoms with Gasteiger partial charge in [-0.15, -0.1) is 0 Å². The summed E-state index contributed by atoms with van der Waals surface area (Å²) in [7, 11) is 0. The summed E-state index contributed by atoms with van der Waals surface area (Å²) >= 11 is 0. The Morgan fingerprint density at radius 1 is 1.43 bits per heavy atom. The van der Waals surface area contributed by atoms with Crippen LogP contribution in [0.1, 0.15) is 17.2 Å². The topological polar surface area (TPSA) is 136 Å². The first-order valence-electron chi connectivity index (χ1n) is 7.06. The molecule has 1 aromatic rings. The molecule has 0 aromatic heterocycles. The molecule has 3 rings (SSSR count). The lowest BCUT2D eigenvalue weighted by atomic mass is 9.95. The van der Waals surface area contributed by atoms with Crippen LogP contribution >= 0.6 is 0 Å². The van der Waals surface area contributed by atoms with Crippen molar-refractivity contribution in [2.24, 2.45) is 5.73 Å². The Labute approximate surface area is 130 Å². The van der Waals surface area contributed by atoms with Crippen molar-refractivity contribution in [1.29, 1.82) is 0 Å². The molecule has 9 nitrogen and oxygen atoms in total. The fourth-order valence-electron chi connectivity index (χ4n) is 3.20. The van der Waals surface area contributed by atoms with Gasteiger partial charge in [-0.3, -0.25) is 14.9 Å². The third kappa shape index (κ3) is 2.43. The second-order valence-corrected chi connectivity index (χ2v) is 5.57. The quantitative estimate of drug-likeness (QED) is 0.570. The average molecular weight is 321 g/mol. The third-order valence-electron chi connectivity index (χ3n) is 4.25. The number of morpholine rings is 1. The molecule has 1 fully saturated rings. The number of rotatable bonds is 2. The van der Waals surface area contributed by atoms with Gasteiger partial charge in [0.15, 0.2) is 6.04 Å². The third-order valence-corrected chi connectivity index (χ3v) is 4.25. The minimum Gasteiger partial charge on any atom is -0.480 e. The molecule has 23 heavy (non-hydrogen) atoms. The standard InChI is InChI=1S/C14H15N3O6/c15-9-4-8-7(2-1-3-10(8)17(21)22)11-5-23-6-12(14(19)20)16(11)13(9)18/h1-3,9,11-12H,4-6,15H2,(H,19,20)/t9-,11+,12-/m1/s1. The molecule has 122 valence electrons. The minimum absolute atomic E-state index is 0.00927. The Bertz CT molecular complexity index is 691. The van der Waals surface area contributed by atoms with Crippen LogP contribution in [-0.2, 0) is 20.7 Å². The zero-order valence-corrected chi connectivity index (χ0v) is 12.0. The van der Waals surface area contributed by atoms with Gasteiger partial charge in [0.05, 0.1) is 30.2 Å². The molecular formula is C14H15N3O6. The number of fused-ring (bicyclic) bond motifs is 3. The van der Waals surface area contributed by atoms with Crippen molar-refractivity contribution in [3.8, 4) is 0 Å². The van der Waals surface area contributed by atoms with Crippen molar-refractivity contribution in [1.82, 2.24) is 4.90 Å². The molecule has 2 aliphatic rings. The molecule has 2 aliphatic heterocycles. The van der Waals surface area contributed by atoms with Gasteiger partial charge < -0.3 is 20.5 Å². The van der Waals surface area contributed by atoms with E-state index in [0.29, 0.717) is 11.1 Å². The number of amides is 1. The summed E-state index contributed by atoms with van der Waals surface area (Å²) in [5.41, 5.74) is 6.65. The molecule has 0 spiro atoms. The van der Waals surface area contributed by atoms with Gasteiger partial charge in [0, 0.05) is 18.1 Å². The Kier molecular flexibility index (Phi) is 3.74. The Balaban J connectivity index is 2.17. The number of nitrogens with two attached hydrogens (primary N) is 1. The monoisotopic (exact) mass is 321 g/mol. The van der Waals surface area contributed by atoms with Crippen LogP contribution in [0.2, 0.25) is 0 Å². The first kappa shape index (κ1) is 15.4. The molecule has 2 heterocycles. The smallest absolute Gasteiger partial charge is 0.328 e. The summed E-state index contributed by atoms with van der Waals surface area (Å²) in [6, 6.07) is 1.64. The molecule has 3 N–H and O–H groups in total. The first-order valence-corrected chi connectivity index (χ1v) is 7.06. The van der Waals surface area contributed by atoms with Gasteiger partial charge in [0.1, 0.15) is 0 Å². The van der Waals surface area contributed by atoms with Crippen molar-refractivity contribution < 1.29 is 24.4 Å². The number of nitro groups is 1. The fraction of sp³-hybridized carbons (Fsp3) is 0.429. The van der Waals surface area contributed by atoms with E-state index in [1.165, 1.54) is 17.0 Å². The predicted molar refractivity (Wildman–Crippen MR) is 76.6 cm³/mol. The molecule has 3 atom stereocenters. The van der Waals surface area contributed by atoms with Crippen molar-refractivity contribution in [3.05, 3.63) is 39.4 Å². The van der Waals surface area contributed by atoms with Crippen LogP contribution in [0.4, 0.5) is 5.69 Å². The summed E-state index contributed by atoms with van der Waals surface area (Å²) in [6.45, 7) is -0.0506. The number of carboxylic acid groups (broad SMARTS) is 1. The predicted octanol–water partition coefficient (Wildman–Crippen LogP) is -0.169. The van der Waals surface area contributed by atoms with Crippen molar-refractivity contribution in [2.45, 2.75) is 24.5 Å². The number of carbonyl (C=O) groups is 2. The minimum atomic E-state index is -1.19. The highest BCUT2D eigenvalue weighted by Crippen LogP contribution is 2.37. The molecule has 0 unspecified atom stereocenters. The van der Waals surface area contributed by atoms with Crippen LogP contribution in [0.3, 0.4) is 0 Å². The van der Waals surface area contributed by atoms with E-state index in [2.05, 4.69) is 0 Å². The highest BCUT2D eigenvalue weighted by molar-refractivity contribution is 5.88. The molecule has 1 aromatic carbocycles. The van der Waals surface area contributed by atoms with Crippen molar-refractivity contribution >= 4 is 17.6 Å². The van der Waals surface area contributed by atoms with Crippen molar-refractivity contribution in [3.63, 3.8) is 0 Å². The summed E-state index contributed by atoms with van der Waals surface area (Å²) in [6.07, 6.45) is -0.00927. The van der Waals surface area contributed by atoms with Crippen LogP contribution in [-0.4, -0.2) is 52.1 Å². The Morgan fingerprint density at radius 3 is 2.83 bits per heavy atom. The van der Waals surface area contributed by atoms with Crippen LogP contribution in [0.5, 0.6) is 0 Å². The summed E-state index contributed by atoms with van der Waals surface area (Å²) in [4.78, 5) is 35.9. The molecule has 0 radical (unpaired) electrons. The van der Waals surface area contributed by atoms with Gasteiger partial charge >= 0.3 is 5.97 Å².